The van der Waals surface area contributed by atoms with Crippen molar-refractivity contribution >= 4 is 5.97 Å². The summed E-state index contributed by atoms with van der Waals surface area (Å²) in [6, 6.07) is 12.7. The Bertz CT molecular complexity index is 842. The molecule has 2 atom stereocenters. The van der Waals surface area contributed by atoms with Crippen molar-refractivity contribution in [2.24, 2.45) is 5.41 Å². The number of ether oxygens (including phenoxy) is 2. The second-order valence-corrected chi connectivity index (χ2v) is 7.80. The molecule has 0 heterocycles. The van der Waals surface area contributed by atoms with E-state index in [0.29, 0.717) is 6.42 Å². The molecule has 0 aromatic heterocycles. The predicted octanol–water partition coefficient (Wildman–Crippen LogP) is 4.96. The number of aryl methyl sites for hydroxylation is 2. The Kier molecular flexibility index (Phi) is 5.45. The fraction of sp³-hybridized carbons (Fsp3) is 0.435. The molecule has 1 aliphatic carbocycles. The molecule has 0 aliphatic heterocycles. The molecule has 2 unspecified atom stereocenters. The minimum absolute atomic E-state index is 0.125. The molecule has 0 radical (unpaired) electrons. The van der Waals surface area contributed by atoms with Gasteiger partial charge in [0, 0.05) is 12.3 Å². The molecule has 0 saturated heterocycles. The summed E-state index contributed by atoms with van der Waals surface area (Å²) in [5, 5.41) is 9.27. The standard InChI is InChI=1S/C23H28O4/c1-15-6-5-7-17(12-15)22-18-14-20(27-4)19(26-3)13-16(18)8-10-23(22,2)11-9-21(24)25/h5-7,12-14,22H,8-11H2,1-4H3,(H,24,25). The maximum Gasteiger partial charge on any atom is 0.303 e. The molecule has 2 aromatic carbocycles. The van der Waals surface area contributed by atoms with Crippen LogP contribution in [0.5, 0.6) is 11.5 Å². The monoisotopic (exact) mass is 368 g/mol. The van der Waals surface area contributed by atoms with Crippen molar-refractivity contribution in [1.82, 2.24) is 0 Å². The van der Waals surface area contributed by atoms with Gasteiger partial charge in [0.2, 0.25) is 0 Å². The van der Waals surface area contributed by atoms with Gasteiger partial charge in [0.05, 0.1) is 14.2 Å². The Labute approximate surface area is 161 Å². The summed E-state index contributed by atoms with van der Waals surface area (Å²) in [5.41, 5.74) is 4.79. The van der Waals surface area contributed by atoms with Crippen LogP contribution in [0.4, 0.5) is 0 Å². The zero-order chi connectivity index (χ0) is 19.6. The van der Waals surface area contributed by atoms with E-state index in [4.69, 9.17) is 9.47 Å². The average molecular weight is 368 g/mol. The fourth-order valence-corrected chi connectivity index (χ4v) is 4.46. The van der Waals surface area contributed by atoms with Gasteiger partial charge < -0.3 is 14.6 Å². The normalized spacial score (nSPS) is 21.4. The van der Waals surface area contributed by atoms with Gasteiger partial charge in [-0.1, -0.05) is 36.8 Å². The number of carboxylic acids is 1. The van der Waals surface area contributed by atoms with Crippen LogP contribution < -0.4 is 9.47 Å². The summed E-state index contributed by atoms with van der Waals surface area (Å²) in [5.74, 6) is 0.849. The molecule has 1 aliphatic rings. The van der Waals surface area contributed by atoms with Crippen molar-refractivity contribution in [3.63, 3.8) is 0 Å². The number of aliphatic carboxylic acids is 1. The first-order valence-electron chi connectivity index (χ1n) is 9.41. The van der Waals surface area contributed by atoms with Crippen molar-refractivity contribution in [3.05, 3.63) is 58.7 Å². The Morgan fingerprint density at radius 3 is 2.52 bits per heavy atom. The van der Waals surface area contributed by atoms with Crippen molar-refractivity contribution in [2.75, 3.05) is 14.2 Å². The van der Waals surface area contributed by atoms with Crippen LogP contribution in [0.3, 0.4) is 0 Å². The maximum atomic E-state index is 11.3. The van der Waals surface area contributed by atoms with Crippen LogP contribution in [-0.4, -0.2) is 25.3 Å². The van der Waals surface area contributed by atoms with Crippen molar-refractivity contribution in [3.8, 4) is 11.5 Å². The summed E-state index contributed by atoms with van der Waals surface area (Å²) >= 11 is 0. The lowest BCUT2D eigenvalue weighted by Crippen LogP contribution is -2.32. The van der Waals surface area contributed by atoms with Gasteiger partial charge >= 0.3 is 5.97 Å². The third-order valence-electron chi connectivity index (χ3n) is 5.90. The van der Waals surface area contributed by atoms with Gasteiger partial charge in [-0.3, -0.25) is 4.79 Å². The summed E-state index contributed by atoms with van der Waals surface area (Å²) < 4.78 is 11.0. The second-order valence-electron chi connectivity index (χ2n) is 7.80. The summed E-state index contributed by atoms with van der Waals surface area (Å²) in [7, 11) is 3.31. The second kappa shape index (κ2) is 7.63. The van der Waals surface area contributed by atoms with Crippen molar-refractivity contribution in [1.29, 1.82) is 0 Å². The number of carbonyl (C=O) groups is 1. The van der Waals surface area contributed by atoms with E-state index in [1.165, 1.54) is 22.3 Å². The Morgan fingerprint density at radius 1 is 1.19 bits per heavy atom. The molecule has 0 amide bonds. The van der Waals surface area contributed by atoms with Crippen LogP contribution >= 0.6 is 0 Å². The van der Waals surface area contributed by atoms with Gasteiger partial charge in [-0.05, 0) is 60.4 Å². The van der Waals surface area contributed by atoms with E-state index in [9.17, 15) is 9.90 Å². The van der Waals surface area contributed by atoms with E-state index in [-0.39, 0.29) is 17.8 Å². The summed E-state index contributed by atoms with van der Waals surface area (Å²) in [6.07, 6.45) is 2.69. The van der Waals surface area contributed by atoms with E-state index in [1.54, 1.807) is 14.2 Å². The molecule has 4 heteroatoms. The van der Waals surface area contributed by atoms with E-state index in [0.717, 1.165) is 24.3 Å². The van der Waals surface area contributed by atoms with Crippen LogP contribution in [0.15, 0.2) is 36.4 Å². The van der Waals surface area contributed by atoms with E-state index in [2.05, 4.69) is 50.2 Å². The van der Waals surface area contributed by atoms with Crippen LogP contribution in [0.25, 0.3) is 0 Å². The van der Waals surface area contributed by atoms with E-state index >= 15 is 0 Å². The molecular weight excluding hydrogens is 340 g/mol. The third-order valence-corrected chi connectivity index (χ3v) is 5.90. The minimum atomic E-state index is -0.739. The number of methoxy groups -OCH3 is 2. The van der Waals surface area contributed by atoms with E-state index < -0.39 is 5.97 Å². The Balaban J connectivity index is 2.16. The van der Waals surface area contributed by atoms with Crippen molar-refractivity contribution < 1.29 is 19.4 Å². The Morgan fingerprint density at radius 2 is 1.89 bits per heavy atom. The third kappa shape index (κ3) is 3.80. The first-order valence-corrected chi connectivity index (χ1v) is 9.41. The van der Waals surface area contributed by atoms with Gasteiger partial charge in [-0.15, -0.1) is 0 Å². The van der Waals surface area contributed by atoms with Gasteiger partial charge in [-0.2, -0.15) is 0 Å². The number of fused-ring (bicyclic) bond motifs is 1. The number of rotatable bonds is 6. The van der Waals surface area contributed by atoms with Gasteiger partial charge in [-0.25, -0.2) is 0 Å². The molecule has 0 spiro atoms. The van der Waals surface area contributed by atoms with Gasteiger partial charge in [0.1, 0.15) is 0 Å². The number of benzene rings is 2. The molecule has 1 N–H and O–H groups in total. The van der Waals surface area contributed by atoms with Gasteiger partial charge in [0.15, 0.2) is 11.5 Å². The molecule has 27 heavy (non-hydrogen) atoms. The number of hydrogen-bond acceptors (Lipinski definition) is 3. The quantitative estimate of drug-likeness (QED) is 0.783. The SMILES string of the molecule is COc1cc2c(cc1OC)C(c1cccc(C)c1)C(C)(CCC(=O)O)CC2. The topological polar surface area (TPSA) is 55.8 Å². The summed E-state index contributed by atoms with van der Waals surface area (Å²) in [4.78, 5) is 11.3. The molecule has 0 fully saturated rings. The van der Waals surface area contributed by atoms with Crippen LogP contribution in [0.1, 0.15) is 54.4 Å². The lowest BCUT2D eigenvalue weighted by atomic mass is 9.60. The summed E-state index contributed by atoms with van der Waals surface area (Å²) in [6.45, 7) is 4.32. The van der Waals surface area contributed by atoms with Crippen LogP contribution in [0.2, 0.25) is 0 Å². The molecular formula is C23H28O4. The minimum Gasteiger partial charge on any atom is -0.493 e. The maximum absolute atomic E-state index is 11.3. The first-order chi connectivity index (χ1) is 12.9. The van der Waals surface area contributed by atoms with Crippen LogP contribution in [-0.2, 0) is 11.2 Å². The first kappa shape index (κ1) is 19.3. The highest BCUT2D eigenvalue weighted by Crippen LogP contribution is 2.53. The molecule has 3 rings (SSSR count). The number of hydrogen-bond donors (Lipinski definition) is 1. The molecule has 144 valence electrons. The lowest BCUT2D eigenvalue weighted by molar-refractivity contribution is -0.137. The molecule has 0 bridgehead atoms. The van der Waals surface area contributed by atoms with Crippen molar-refractivity contribution in [2.45, 2.75) is 45.4 Å². The highest BCUT2D eigenvalue weighted by atomic mass is 16.5. The predicted molar refractivity (Wildman–Crippen MR) is 106 cm³/mol. The highest BCUT2D eigenvalue weighted by molar-refractivity contribution is 5.66. The highest BCUT2D eigenvalue weighted by Gasteiger charge is 2.41. The zero-order valence-electron chi connectivity index (χ0n) is 16.5. The fourth-order valence-electron chi connectivity index (χ4n) is 4.46. The zero-order valence-corrected chi connectivity index (χ0v) is 16.5. The molecule has 4 nitrogen and oxygen atoms in total. The van der Waals surface area contributed by atoms with Gasteiger partial charge in [0.25, 0.3) is 0 Å². The number of carboxylic acid groups (broad SMARTS) is 1. The largest absolute Gasteiger partial charge is 0.493 e. The lowest BCUT2D eigenvalue weighted by Gasteiger charge is -2.43. The molecule has 0 saturated carbocycles. The van der Waals surface area contributed by atoms with Crippen LogP contribution in [0, 0.1) is 12.3 Å². The average Bonchev–Trinajstić information content (AvgIpc) is 2.65. The molecule has 2 aromatic rings. The smallest absolute Gasteiger partial charge is 0.303 e. The Hall–Kier alpha value is -2.49. The van der Waals surface area contributed by atoms with E-state index in [1.807, 2.05) is 0 Å².